The second-order valence-corrected chi connectivity index (χ2v) is 5.73. The molecule has 0 amide bonds. The standard InChI is InChI=1S/C13H15ClF2O2/c1-12(2)6-13(12,7-17)8-3-4-10(9(14)5-8)18-11(15)16/h3-5,11,17H,6-7H2,1-2H3. The highest BCUT2D eigenvalue weighted by Crippen LogP contribution is 2.64. The minimum Gasteiger partial charge on any atom is -0.433 e. The predicted octanol–water partition coefficient (Wildman–Crippen LogP) is 3.60. The van der Waals surface area contributed by atoms with E-state index in [9.17, 15) is 13.9 Å². The van der Waals surface area contributed by atoms with Crippen LogP contribution in [0, 0.1) is 5.41 Å². The van der Waals surface area contributed by atoms with Gasteiger partial charge in [-0.2, -0.15) is 8.78 Å². The quantitative estimate of drug-likeness (QED) is 0.910. The van der Waals surface area contributed by atoms with Crippen molar-refractivity contribution in [3.63, 3.8) is 0 Å². The van der Waals surface area contributed by atoms with Crippen LogP contribution in [0.15, 0.2) is 18.2 Å². The number of rotatable bonds is 4. The molecule has 1 aromatic rings. The smallest absolute Gasteiger partial charge is 0.387 e. The first kappa shape index (κ1) is 13.6. The highest BCUT2D eigenvalue weighted by Gasteiger charge is 2.61. The molecule has 1 saturated carbocycles. The Hall–Kier alpha value is -0.870. The summed E-state index contributed by atoms with van der Waals surface area (Å²) in [5.41, 5.74) is 0.539. The van der Waals surface area contributed by atoms with Gasteiger partial charge in [-0.25, -0.2) is 0 Å². The molecular weight excluding hydrogens is 262 g/mol. The molecule has 2 rings (SSSR count). The predicted molar refractivity (Wildman–Crippen MR) is 65.2 cm³/mol. The number of benzene rings is 1. The second-order valence-electron chi connectivity index (χ2n) is 5.32. The molecule has 1 aromatic carbocycles. The van der Waals surface area contributed by atoms with Crippen molar-refractivity contribution in [3.8, 4) is 5.75 Å². The fraction of sp³-hybridized carbons (Fsp3) is 0.538. The summed E-state index contributed by atoms with van der Waals surface area (Å²) in [6.07, 6.45) is 0.849. The van der Waals surface area contributed by atoms with Crippen molar-refractivity contribution in [3.05, 3.63) is 28.8 Å². The molecule has 0 spiro atoms. The molecule has 1 aliphatic carbocycles. The van der Waals surface area contributed by atoms with Crippen LogP contribution in [0.4, 0.5) is 8.78 Å². The molecule has 0 saturated heterocycles. The second kappa shape index (κ2) is 4.35. The molecule has 1 aliphatic rings. The molecule has 0 bridgehead atoms. The van der Waals surface area contributed by atoms with E-state index in [-0.39, 0.29) is 28.2 Å². The SMILES string of the molecule is CC1(C)CC1(CO)c1ccc(OC(F)F)c(Cl)c1. The Morgan fingerprint density at radius 1 is 1.44 bits per heavy atom. The van der Waals surface area contributed by atoms with Gasteiger partial charge in [-0.05, 0) is 29.5 Å². The number of hydrogen-bond acceptors (Lipinski definition) is 2. The summed E-state index contributed by atoms with van der Waals surface area (Å²) in [6, 6.07) is 4.72. The summed E-state index contributed by atoms with van der Waals surface area (Å²) in [7, 11) is 0. The van der Waals surface area contributed by atoms with Crippen LogP contribution in [0.25, 0.3) is 0 Å². The average molecular weight is 277 g/mol. The molecule has 0 radical (unpaired) electrons. The lowest BCUT2D eigenvalue weighted by Gasteiger charge is -2.19. The zero-order valence-electron chi connectivity index (χ0n) is 10.2. The largest absolute Gasteiger partial charge is 0.433 e. The van der Waals surface area contributed by atoms with Crippen molar-refractivity contribution in [1.29, 1.82) is 0 Å². The zero-order chi connectivity index (χ0) is 13.6. The van der Waals surface area contributed by atoms with Gasteiger partial charge in [0.2, 0.25) is 0 Å². The van der Waals surface area contributed by atoms with Crippen molar-refractivity contribution < 1.29 is 18.6 Å². The Balaban J connectivity index is 2.30. The minimum absolute atomic E-state index is 0.00380. The fourth-order valence-corrected chi connectivity index (χ4v) is 2.78. The maximum Gasteiger partial charge on any atom is 0.387 e. The number of hydrogen-bond donors (Lipinski definition) is 1. The first-order valence-corrected chi connectivity index (χ1v) is 6.06. The highest BCUT2D eigenvalue weighted by atomic mass is 35.5. The summed E-state index contributed by atoms with van der Waals surface area (Å²) >= 11 is 5.92. The van der Waals surface area contributed by atoms with E-state index in [2.05, 4.69) is 18.6 Å². The van der Waals surface area contributed by atoms with Gasteiger partial charge >= 0.3 is 6.61 Å². The molecule has 2 nitrogen and oxygen atoms in total. The van der Waals surface area contributed by atoms with Crippen LogP contribution in [-0.4, -0.2) is 18.3 Å². The summed E-state index contributed by atoms with van der Waals surface area (Å²) in [6.45, 7) is 1.24. The minimum atomic E-state index is -2.89. The van der Waals surface area contributed by atoms with Crippen LogP contribution in [0.3, 0.4) is 0 Å². The molecule has 0 aliphatic heterocycles. The third-order valence-electron chi connectivity index (χ3n) is 3.88. The van der Waals surface area contributed by atoms with Crippen LogP contribution >= 0.6 is 11.6 Å². The number of alkyl halides is 2. The Kier molecular flexibility index (Phi) is 3.28. The van der Waals surface area contributed by atoms with E-state index < -0.39 is 6.61 Å². The van der Waals surface area contributed by atoms with E-state index in [1.54, 1.807) is 12.1 Å². The normalized spacial score (nSPS) is 25.3. The van der Waals surface area contributed by atoms with E-state index in [4.69, 9.17) is 11.6 Å². The number of ether oxygens (including phenoxy) is 1. The summed E-state index contributed by atoms with van der Waals surface area (Å²) in [4.78, 5) is 0. The Morgan fingerprint density at radius 3 is 2.44 bits per heavy atom. The molecular formula is C13H15ClF2O2. The highest BCUT2D eigenvalue weighted by molar-refractivity contribution is 6.32. The zero-order valence-corrected chi connectivity index (χ0v) is 11.0. The third kappa shape index (κ3) is 2.08. The van der Waals surface area contributed by atoms with Crippen LogP contribution in [0.5, 0.6) is 5.75 Å². The third-order valence-corrected chi connectivity index (χ3v) is 4.18. The Bertz CT molecular complexity index is 462. The van der Waals surface area contributed by atoms with Crippen LogP contribution in [0.2, 0.25) is 5.02 Å². The van der Waals surface area contributed by atoms with E-state index in [1.165, 1.54) is 6.07 Å². The van der Waals surface area contributed by atoms with Gasteiger partial charge in [-0.1, -0.05) is 31.5 Å². The average Bonchev–Trinajstić information content (AvgIpc) is 2.85. The molecule has 1 fully saturated rings. The van der Waals surface area contributed by atoms with Crippen LogP contribution in [-0.2, 0) is 5.41 Å². The fourth-order valence-electron chi connectivity index (χ4n) is 2.55. The molecule has 18 heavy (non-hydrogen) atoms. The van der Waals surface area contributed by atoms with Gasteiger partial charge in [-0.15, -0.1) is 0 Å². The lowest BCUT2D eigenvalue weighted by atomic mass is 9.89. The lowest BCUT2D eigenvalue weighted by molar-refractivity contribution is -0.0498. The van der Waals surface area contributed by atoms with E-state index >= 15 is 0 Å². The molecule has 1 unspecified atom stereocenters. The molecule has 1 N–H and O–H groups in total. The van der Waals surface area contributed by atoms with Gasteiger partial charge in [0, 0.05) is 5.41 Å². The first-order valence-electron chi connectivity index (χ1n) is 5.68. The van der Waals surface area contributed by atoms with Crippen molar-refractivity contribution >= 4 is 11.6 Å². The van der Waals surface area contributed by atoms with Crippen molar-refractivity contribution in [2.75, 3.05) is 6.61 Å². The number of halogens is 3. The van der Waals surface area contributed by atoms with Crippen molar-refractivity contribution in [2.45, 2.75) is 32.3 Å². The molecule has 0 heterocycles. The molecule has 100 valence electrons. The van der Waals surface area contributed by atoms with Gasteiger partial charge in [0.1, 0.15) is 5.75 Å². The first-order chi connectivity index (χ1) is 8.32. The maximum absolute atomic E-state index is 12.1. The number of aliphatic hydroxyl groups excluding tert-OH is 1. The topological polar surface area (TPSA) is 29.5 Å². The van der Waals surface area contributed by atoms with E-state index in [1.807, 2.05) is 0 Å². The van der Waals surface area contributed by atoms with Crippen LogP contribution in [0.1, 0.15) is 25.8 Å². The Labute approximate surface area is 110 Å². The Morgan fingerprint density at radius 2 is 2.06 bits per heavy atom. The lowest BCUT2D eigenvalue weighted by Crippen LogP contribution is -2.19. The summed E-state index contributed by atoms with van der Waals surface area (Å²) in [5, 5.41) is 9.70. The summed E-state index contributed by atoms with van der Waals surface area (Å²) < 4.78 is 28.5. The molecule has 5 heteroatoms. The monoisotopic (exact) mass is 276 g/mol. The van der Waals surface area contributed by atoms with Gasteiger partial charge < -0.3 is 9.84 Å². The van der Waals surface area contributed by atoms with Crippen molar-refractivity contribution in [1.82, 2.24) is 0 Å². The summed E-state index contributed by atoms with van der Waals surface area (Å²) in [5.74, 6) is -0.0398. The van der Waals surface area contributed by atoms with E-state index in [0.29, 0.717) is 0 Å². The van der Waals surface area contributed by atoms with Gasteiger partial charge in [0.05, 0.1) is 11.6 Å². The molecule has 0 aromatic heterocycles. The van der Waals surface area contributed by atoms with Gasteiger partial charge in [0.15, 0.2) is 0 Å². The maximum atomic E-state index is 12.1. The van der Waals surface area contributed by atoms with Crippen LogP contribution < -0.4 is 4.74 Å². The van der Waals surface area contributed by atoms with Crippen molar-refractivity contribution in [2.24, 2.45) is 5.41 Å². The molecule has 1 atom stereocenters. The number of aliphatic hydroxyl groups is 1. The van der Waals surface area contributed by atoms with E-state index in [0.717, 1.165) is 12.0 Å². The van der Waals surface area contributed by atoms with Gasteiger partial charge in [0.25, 0.3) is 0 Å². The van der Waals surface area contributed by atoms with Gasteiger partial charge in [-0.3, -0.25) is 0 Å².